The highest BCUT2D eigenvalue weighted by atomic mass is 16.5. The van der Waals surface area contributed by atoms with Crippen LogP contribution in [-0.2, 0) is 11.3 Å². The number of aromatic nitrogens is 2. The second kappa shape index (κ2) is 9.01. The molecule has 30 heavy (non-hydrogen) atoms. The van der Waals surface area contributed by atoms with E-state index in [0.717, 1.165) is 17.6 Å². The molecule has 1 saturated heterocycles. The van der Waals surface area contributed by atoms with Gasteiger partial charge in [-0.25, -0.2) is 4.79 Å². The van der Waals surface area contributed by atoms with Crippen LogP contribution in [-0.4, -0.2) is 82.1 Å². The van der Waals surface area contributed by atoms with E-state index in [2.05, 4.69) is 9.88 Å². The maximum absolute atomic E-state index is 12.5. The third-order valence-corrected chi connectivity index (χ3v) is 5.34. The summed E-state index contributed by atoms with van der Waals surface area (Å²) in [6, 6.07) is 5.06. The summed E-state index contributed by atoms with van der Waals surface area (Å²) >= 11 is 0. The zero-order chi connectivity index (χ0) is 21.9. The second-order valence-corrected chi connectivity index (χ2v) is 8.46. The van der Waals surface area contributed by atoms with Crippen molar-refractivity contribution < 1.29 is 19.4 Å². The lowest BCUT2D eigenvalue weighted by Gasteiger charge is -2.39. The summed E-state index contributed by atoms with van der Waals surface area (Å²) in [5, 5.41) is 9.53. The van der Waals surface area contributed by atoms with Crippen molar-refractivity contribution in [3.63, 3.8) is 0 Å². The van der Waals surface area contributed by atoms with Crippen LogP contribution in [0.5, 0.6) is 5.75 Å². The minimum absolute atomic E-state index is 0.0906. The molecule has 1 amide bonds. The molecule has 0 aromatic carbocycles. The third kappa shape index (κ3) is 5.09. The average Bonchev–Trinajstić information content (AvgIpc) is 2.70. The summed E-state index contributed by atoms with van der Waals surface area (Å²) < 4.78 is 12.8. The molecule has 0 unspecified atom stereocenters. The average molecular weight is 418 g/mol. The van der Waals surface area contributed by atoms with E-state index in [1.54, 1.807) is 23.9 Å². The van der Waals surface area contributed by atoms with Gasteiger partial charge >= 0.3 is 6.09 Å². The van der Waals surface area contributed by atoms with Crippen molar-refractivity contribution in [1.82, 2.24) is 19.4 Å². The summed E-state index contributed by atoms with van der Waals surface area (Å²) in [5.74, 6) is 0.601. The van der Waals surface area contributed by atoms with Gasteiger partial charge in [0.25, 0.3) is 5.56 Å². The van der Waals surface area contributed by atoms with Crippen molar-refractivity contribution in [2.75, 3.05) is 39.9 Å². The van der Waals surface area contributed by atoms with Crippen LogP contribution in [0.3, 0.4) is 0 Å². The highest BCUT2D eigenvalue weighted by Crippen LogP contribution is 2.18. The number of pyridine rings is 2. The number of hydrogen-bond acceptors (Lipinski definition) is 6. The summed E-state index contributed by atoms with van der Waals surface area (Å²) in [5.41, 5.74) is 0.876. The highest BCUT2D eigenvalue weighted by molar-refractivity contribution is 5.75. The number of carbonyl (C=O) groups is 1. The van der Waals surface area contributed by atoms with Crippen molar-refractivity contribution in [2.45, 2.75) is 39.0 Å². The first-order valence-corrected chi connectivity index (χ1v) is 10.1. The van der Waals surface area contributed by atoms with E-state index in [1.165, 1.54) is 11.0 Å². The topological polar surface area (TPSA) is 97.1 Å². The first kappa shape index (κ1) is 22.0. The Kier molecular flexibility index (Phi) is 6.62. The van der Waals surface area contributed by atoms with Gasteiger partial charge in [0, 0.05) is 43.9 Å². The van der Waals surface area contributed by atoms with Crippen LogP contribution in [0.4, 0.5) is 4.79 Å². The van der Waals surface area contributed by atoms with Crippen LogP contribution >= 0.6 is 0 Å². The Morgan fingerprint density at radius 1 is 1.37 bits per heavy atom. The number of methoxy groups -OCH3 is 1. The van der Waals surface area contributed by atoms with Crippen LogP contribution in [0.2, 0.25) is 0 Å². The Hall–Kier alpha value is -2.65. The number of ether oxygens (including phenoxy) is 2. The van der Waals surface area contributed by atoms with E-state index in [4.69, 9.17) is 9.47 Å². The molecule has 0 spiro atoms. The van der Waals surface area contributed by atoms with Gasteiger partial charge in [-0.05, 0) is 26.8 Å². The van der Waals surface area contributed by atoms with Crippen LogP contribution in [0, 0.1) is 0 Å². The number of nitrogens with zero attached hydrogens (tertiary/aromatic N) is 4. The van der Waals surface area contributed by atoms with E-state index in [0.29, 0.717) is 38.5 Å². The fourth-order valence-corrected chi connectivity index (χ4v) is 3.67. The van der Waals surface area contributed by atoms with E-state index >= 15 is 0 Å². The minimum Gasteiger partial charge on any atom is -0.495 e. The molecule has 9 heteroatoms. The summed E-state index contributed by atoms with van der Waals surface area (Å²) in [7, 11) is 1.57. The van der Waals surface area contributed by atoms with Gasteiger partial charge in [0.1, 0.15) is 5.75 Å². The predicted molar refractivity (Wildman–Crippen MR) is 113 cm³/mol. The summed E-state index contributed by atoms with van der Waals surface area (Å²) in [6.07, 6.45) is 0.472. The molecule has 2 aromatic rings. The molecule has 0 radical (unpaired) electrons. The fourth-order valence-electron chi connectivity index (χ4n) is 3.67. The van der Waals surface area contributed by atoms with Gasteiger partial charge in [0.15, 0.2) is 0 Å². The first-order valence-electron chi connectivity index (χ1n) is 10.1. The van der Waals surface area contributed by atoms with Crippen molar-refractivity contribution in [3.8, 4) is 5.75 Å². The van der Waals surface area contributed by atoms with Gasteiger partial charge in [-0.2, -0.15) is 0 Å². The smallest absolute Gasteiger partial charge is 0.407 e. The van der Waals surface area contributed by atoms with Crippen molar-refractivity contribution >= 4 is 17.1 Å². The normalized spacial score (nSPS) is 17.8. The minimum atomic E-state index is -0.952. The molecular weight excluding hydrogens is 388 g/mol. The molecule has 0 aliphatic carbocycles. The fraction of sp³-hybridized carbons (Fsp3) is 0.571. The molecule has 0 saturated carbocycles. The van der Waals surface area contributed by atoms with E-state index in [1.807, 2.05) is 26.8 Å². The monoisotopic (exact) mass is 418 g/mol. The Morgan fingerprint density at radius 2 is 2.13 bits per heavy atom. The SMILES string of the molecule is COc1cnc2ccc(=O)n(CCN3CCO[C@H](CN(C(=O)O)C(C)(C)C)C3)c2c1. The molecule has 1 N–H and O–H groups in total. The molecule has 0 bridgehead atoms. The van der Waals surface area contributed by atoms with Crippen LogP contribution in [0.25, 0.3) is 11.0 Å². The largest absolute Gasteiger partial charge is 0.495 e. The molecule has 2 aromatic heterocycles. The maximum Gasteiger partial charge on any atom is 0.407 e. The lowest BCUT2D eigenvalue weighted by molar-refractivity contribution is -0.0508. The Morgan fingerprint density at radius 3 is 2.80 bits per heavy atom. The zero-order valence-corrected chi connectivity index (χ0v) is 18.0. The number of carboxylic acid groups (broad SMARTS) is 1. The number of hydrogen-bond donors (Lipinski definition) is 1. The van der Waals surface area contributed by atoms with Gasteiger partial charge < -0.3 is 24.0 Å². The third-order valence-electron chi connectivity index (χ3n) is 5.34. The van der Waals surface area contributed by atoms with Gasteiger partial charge in [-0.1, -0.05) is 0 Å². The maximum atomic E-state index is 12.5. The van der Waals surface area contributed by atoms with E-state index in [-0.39, 0.29) is 11.7 Å². The first-order chi connectivity index (χ1) is 14.2. The van der Waals surface area contributed by atoms with E-state index < -0.39 is 11.6 Å². The van der Waals surface area contributed by atoms with Crippen LogP contribution in [0.15, 0.2) is 29.2 Å². The van der Waals surface area contributed by atoms with Gasteiger partial charge in [0.2, 0.25) is 0 Å². The quantitative estimate of drug-likeness (QED) is 0.765. The molecule has 1 aliphatic heterocycles. The molecule has 3 rings (SSSR count). The Bertz CT molecular complexity index is 953. The molecule has 1 fully saturated rings. The van der Waals surface area contributed by atoms with Gasteiger partial charge in [0.05, 0.1) is 43.6 Å². The van der Waals surface area contributed by atoms with Crippen molar-refractivity contribution in [1.29, 1.82) is 0 Å². The molecule has 9 nitrogen and oxygen atoms in total. The number of amides is 1. The predicted octanol–water partition coefficient (Wildman–Crippen LogP) is 1.88. The Balaban J connectivity index is 1.70. The molecule has 1 atom stereocenters. The highest BCUT2D eigenvalue weighted by Gasteiger charge is 2.31. The second-order valence-electron chi connectivity index (χ2n) is 8.46. The standard InChI is InChI=1S/C21H30N4O5/c1-21(2,3)25(20(27)28)14-16-13-23(9-10-30-16)7-8-24-18-11-15(29-4)12-22-17(18)5-6-19(24)26/h5-6,11-12,16H,7-10,13-14H2,1-4H3,(H,27,28)/t16-/m0/s1. The number of morpholine rings is 1. The number of fused-ring (bicyclic) bond motifs is 1. The van der Waals surface area contributed by atoms with Gasteiger partial charge in [-0.3, -0.25) is 14.7 Å². The number of rotatable bonds is 6. The lowest BCUT2D eigenvalue weighted by atomic mass is 10.1. The molecule has 1 aliphatic rings. The van der Waals surface area contributed by atoms with Crippen LogP contribution < -0.4 is 10.3 Å². The summed E-state index contributed by atoms with van der Waals surface area (Å²) in [6.45, 7) is 8.96. The van der Waals surface area contributed by atoms with Crippen molar-refractivity contribution in [2.24, 2.45) is 0 Å². The lowest BCUT2D eigenvalue weighted by Crippen LogP contribution is -2.53. The zero-order valence-electron chi connectivity index (χ0n) is 18.0. The molecule has 3 heterocycles. The van der Waals surface area contributed by atoms with Crippen LogP contribution in [0.1, 0.15) is 20.8 Å². The molecule has 164 valence electrons. The molecular formula is C21H30N4O5. The van der Waals surface area contributed by atoms with Crippen molar-refractivity contribution in [3.05, 3.63) is 34.7 Å². The van der Waals surface area contributed by atoms with Gasteiger partial charge in [-0.15, -0.1) is 0 Å². The van der Waals surface area contributed by atoms with E-state index in [9.17, 15) is 14.7 Å². The summed E-state index contributed by atoms with van der Waals surface area (Å²) in [4.78, 5) is 32.1. The Labute approximate surface area is 175 Å².